The van der Waals surface area contributed by atoms with Crippen LogP contribution >= 0.6 is 0 Å². The first-order chi connectivity index (χ1) is 17.6. The third kappa shape index (κ3) is 4.72. The fraction of sp³-hybridized carbons (Fsp3) is 0.148. The molecule has 2 aromatic heterocycles. The number of rotatable bonds is 9. The van der Waals surface area contributed by atoms with Crippen LogP contribution in [0.3, 0.4) is 0 Å². The van der Waals surface area contributed by atoms with Crippen molar-refractivity contribution in [2.45, 2.75) is 19.3 Å². The van der Waals surface area contributed by atoms with Crippen molar-refractivity contribution in [3.05, 3.63) is 99.7 Å². The second-order valence-electron chi connectivity index (χ2n) is 8.25. The van der Waals surface area contributed by atoms with Gasteiger partial charge in [0, 0.05) is 5.56 Å². The SMILES string of the molecule is Nc1c(-c2nnn[nH]2)oc2c(C(=O)c3ccc(OCCCCc4ccccc4)cc3)cccc2c1=O. The van der Waals surface area contributed by atoms with Crippen LogP contribution in [0.4, 0.5) is 5.69 Å². The Balaban J connectivity index is 1.30. The number of H-pyrrole nitrogens is 1. The lowest BCUT2D eigenvalue weighted by molar-refractivity contribution is 0.103. The van der Waals surface area contributed by atoms with E-state index in [0.717, 1.165) is 19.3 Å². The molecule has 5 rings (SSSR count). The maximum atomic E-state index is 13.3. The number of aromatic amines is 1. The van der Waals surface area contributed by atoms with E-state index in [2.05, 4.69) is 32.8 Å². The van der Waals surface area contributed by atoms with E-state index >= 15 is 0 Å². The lowest BCUT2D eigenvalue weighted by atomic mass is 10.0. The molecule has 36 heavy (non-hydrogen) atoms. The number of aryl methyl sites for hydroxylation is 1. The number of nitrogens with one attached hydrogen (secondary N) is 1. The molecule has 9 nitrogen and oxygen atoms in total. The number of nitrogen functional groups attached to an aromatic ring is 1. The Morgan fingerprint density at radius 1 is 0.972 bits per heavy atom. The third-order valence-electron chi connectivity index (χ3n) is 5.85. The molecule has 5 aromatic rings. The van der Waals surface area contributed by atoms with Crippen LogP contribution in [0.1, 0.15) is 34.3 Å². The molecule has 3 aromatic carbocycles. The summed E-state index contributed by atoms with van der Waals surface area (Å²) in [6.07, 6.45) is 2.97. The standard InChI is InChI=1S/C27H23N5O4/c28-22-24(34)21-11-6-10-20(25(21)36-26(22)27-29-31-32-30-27)23(33)18-12-14-19(15-13-18)35-16-5-4-9-17-7-2-1-3-8-17/h1-3,6-8,10-15H,4-5,9,16,28H2,(H,29,30,31,32). The van der Waals surface area contributed by atoms with Crippen LogP contribution in [0.25, 0.3) is 22.6 Å². The highest BCUT2D eigenvalue weighted by atomic mass is 16.5. The Bertz CT molecular complexity index is 1550. The van der Waals surface area contributed by atoms with E-state index in [9.17, 15) is 9.59 Å². The van der Waals surface area contributed by atoms with Crippen LogP contribution < -0.4 is 15.9 Å². The summed E-state index contributed by atoms with van der Waals surface area (Å²) in [5.41, 5.74) is 7.45. The molecule has 0 bridgehead atoms. The van der Waals surface area contributed by atoms with Crippen molar-refractivity contribution in [3.8, 4) is 17.3 Å². The van der Waals surface area contributed by atoms with Gasteiger partial charge in [0.2, 0.25) is 11.3 Å². The highest BCUT2D eigenvalue weighted by molar-refractivity contribution is 6.15. The van der Waals surface area contributed by atoms with Gasteiger partial charge in [-0.3, -0.25) is 9.59 Å². The first-order valence-electron chi connectivity index (χ1n) is 11.5. The number of ether oxygens (including phenoxy) is 1. The fourth-order valence-corrected chi connectivity index (χ4v) is 3.96. The average molecular weight is 482 g/mol. The zero-order valence-corrected chi connectivity index (χ0v) is 19.3. The number of unbranched alkanes of at least 4 members (excludes halogenated alkanes) is 1. The topological polar surface area (TPSA) is 137 Å². The molecule has 0 radical (unpaired) electrons. The van der Waals surface area contributed by atoms with E-state index in [0.29, 0.717) is 17.9 Å². The van der Waals surface area contributed by atoms with Crippen molar-refractivity contribution in [3.63, 3.8) is 0 Å². The highest BCUT2D eigenvalue weighted by Crippen LogP contribution is 2.28. The van der Waals surface area contributed by atoms with Gasteiger partial charge >= 0.3 is 0 Å². The lowest BCUT2D eigenvalue weighted by Crippen LogP contribution is -2.12. The minimum Gasteiger partial charge on any atom is -0.494 e. The van der Waals surface area contributed by atoms with Crippen LogP contribution in [0.15, 0.2) is 82.0 Å². The summed E-state index contributed by atoms with van der Waals surface area (Å²) in [6, 6.07) is 22.0. The van der Waals surface area contributed by atoms with E-state index in [1.807, 2.05) is 18.2 Å². The van der Waals surface area contributed by atoms with Gasteiger partial charge < -0.3 is 14.9 Å². The number of nitrogens with zero attached hydrogens (tertiary/aromatic N) is 3. The number of carbonyl (C=O) groups is 1. The normalized spacial score (nSPS) is 11.0. The quantitative estimate of drug-likeness (QED) is 0.236. The summed E-state index contributed by atoms with van der Waals surface area (Å²) in [5.74, 6) is 0.459. The summed E-state index contributed by atoms with van der Waals surface area (Å²) >= 11 is 0. The summed E-state index contributed by atoms with van der Waals surface area (Å²) in [7, 11) is 0. The molecule has 0 aliphatic heterocycles. The van der Waals surface area contributed by atoms with Gasteiger partial charge in [-0.25, -0.2) is 5.10 Å². The van der Waals surface area contributed by atoms with Gasteiger partial charge in [0.25, 0.3) is 0 Å². The smallest absolute Gasteiger partial charge is 0.217 e. The number of fused-ring (bicyclic) bond motifs is 1. The maximum Gasteiger partial charge on any atom is 0.217 e. The number of hydrogen-bond donors (Lipinski definition) is 2. The van der Waals surface area contributed by atoms with Crippen LogP contribution in [0, 0.1) is 0 Å². The minimum absolute atomic E-state index is 0.0197. The van der Waals surface area contributed by atoms with Crippen molar-refractivity contribution >= 4 is 22.4 Å². The monoisotopic (exact) mass is 481 g/mol. The number of anilines is 1. The second-order valence-corrected chi connectivity index (χ2v) is 8.25. The molecule has 0 fully saturated rings. The van der Waals surface area contributed by atoms with Gasteiger partial charge in [-0.2, -0.15) is 0 Å². The minimum atomic E-state index is -0.465. The number of hydrogen-bond acceptors (Lipinski definition) is 8. The van der Waals surface area contributed by atoms with E-state index in [-0.39, 0.29) is 39.6 Å². The number of tetrazole rings is 1. The van der Waals surface area contributed by atoms with Crippen LogP contribution in [0.5, 0.6) is 5.75 Å². The van der Waals surface area contributed by atoms with E-state index in [4.69, 9.17) is 14.9 Å². The molecule has 3 N–H and O–H groups in total. The molecule has 2 heterocycles. The first-order valence-corrected chi connectivity index (χ1v) is 11.5. The van der Waals surface area contributed by atoms with E-state index in [1.165, 1.54) is 5.56 Å². The zero-order chi connectivity index (χ0) is 24.9. The molecular formula is C27H23N5O4. The van der Waals surface area contributed by atoms with Crippen LogP contribution in [-0.2, 0) is 6.42 Å². The molecule has 0 amide bonds. The summed E-state index contributed by atoms with van der Waals surface area (Å²) in [4.78, 5) is 26.1. The molecule has 0 saturated carbocycles. The molecule has 0 atom stereocenters. The number of carbonyl (C=O) groups excluding carboxylic acids is 1. The molecule has 9 heteroatoms. The molecule has 0 saturated heterocycles. The first kappa shape index (κ1) is 23.0. The number of ketones is 1. The van der Waals surface area contributed by atoms with Crippen molar-refractivity contribution in [2.24, 2.45) is 0 Å². The van der Waals surface area contributed by atoms with E-state index in [1.54, 1.807) is 42.5 Å². The number of benzene rings is 3. The van der Waals surface area contributed by atoms with Gasteiger partial charge in [-0.1, -0.05) is 36.4 Å². The van der Waals surface area contributed by atoms with Crippen molar-refractivity contribution < 1.29 is 13.9 Å². The molecule has 0 aliphatic rings. The number of nitrogens with two attached hydrogens (primary N) is 1. The Morgan fingerprint density at radius 3 is 2.53 bits per heavy atom. The van der Waals surface area contributed by atoms with E-state index < -0.39 is 5.43 Å². The van der Waals surface area contributed by atoms with Crippen LogP contribution in [-0.4, -0.2) is 33.0 Å². The Hall–Kier alpha value is -4.79. The largest absolute Gasteiger partial charge is 0.494 e. The fourth-order valence-electron chi connectivity index (χ4n) is 3.96. The number of para-hydroxylation sites is 1. The van der Waals surface area contributed by atoms with Gasteiger partial charge in [-0.15, -0.1) is 5.10 Å². The predicted molar refractivity (Wildman–Crippen MR) is 135 cm³/mol. The molecule has 0 spiro atoms. The van der Waals surface area contributed by atoms with Gasteiger partial charge in [0.1, 0.15) is 17.0 Å². The van der Waals surface area contributed by atoms with Crippen LogP contribution in [0.2, 0.25) is 0 Å². The lowest BCUT2D eigenvalue weighted by Gasteiger charge is -2.09. The van der Waals surface area contributed by atoms with Crippen molar-refractivity contribution in [1.82, 2.24) is 20.6 Å². The van der Waals surface area contributed by atoms with Gasteiger partial charge in [0.05, 0.1) is 17.6 Å². The average Bonchev–Trinajstić information content (AvgIpc) is 3.46. The third-order valence-corrected chi connectivity index (χ3v) is 5.85. The molecule has 0 unspecified atom stereocenters. The molecule has 0 aliphatic carbocycles. The van der Waals surface area contributed by atoms with Crippen molar-refractivity contribution in [2.75, 3.05) is 12.3 Å². The van der Waals surface area contributed by atoms with Crippen molar-refractivity contribution in [1.29, 1.82) is 0 Å². The maximum absolute atomic E-state index is 13.3. The Morgan fingerprint density at radius 2 is 1.78 bits per heavy atom. The second kappa shape index (κ2) is 10.2. The summed E-state index contributed by atoms with van der Waals surface area (Å²) in [5, 5.41) is 13.5. The molecule has 180 valence electrons. The highest BCUT2D eigenvalue weighted by Gasteiger charge is 2.21. The predicted octanol–water partition coefficient (Wildman–Crippen LogP) is 4.19. The van der Waals surface area contributed by atoms with Gasteiger partial charge in [0.15, 0.2) is 11.5 Å². The number of aromatic nitrogens is 4. The Labute approximate surface area is 205 Å². The summed E-state index contributed by atoms with van der Waals surface area (Å²) in [6.45, 7) is 0.593. The summed E-state index contributed by atoms with van der Waals surface area (Å²) < 4.78 is 11.7. The van der Waals surface area contributed by atoms with Gasteiger partial charge in [-0.05, 0) is 71.7 Å². The zero-order valence-electron chi connectivity index (χ0n) is 19.3. The Kier molecular flexibility index (Phi) is 6.53. The molecular weight excluding hydrogens is 458 g/mol.